The molecule has 3 aromatic heterocycles. The predicted octanol–water partition coefficient (Wildman–Crippen LogP) is 13.6. The van der Waals surface area contributed by atoms with E-state index in [1.165, 1.54) is 0 Å². The Hall–Kier alpha value is -6.95. The zero-order valence-electron chi connectivity index (χ0n) is 33.5. The minimum atomic E-state index is -0.483. The molecule has 4 nitrogen and oxygen atoms in total. The molecular formula is C49H29N3OS. The fraction of sp³-hybridized carbons (Fsp3) is 0. The molecule has 8 aromatic carbocycles. The first-order valence-electron chi connectivity index (χ1n) is 20.1. The Balaban J connectivity index is 1.12. The van der Waals surface area contributed by atoms with E-state index in [1.54, 1.807) is 11.3 Å². The van der Waals surface area contributed by atoms with Gasteiger partial charge in [-0.3, -0.25) is 0 Å². The molecule has 0 unspecified atom stereocenters. The van der Waals surface area contributed by atoms with Crippen molar-refractivity contribution in [2.75, 3.05) is 0 Å². The zero-order valence-corrected chi connectivity index (χ0v) is 29.3. The molecular weight excluding hydrogens is 679 g/mol. The Labute approximate surface area is 321 Å². The van der Waals surface area contributed by atoms with Crippen LogP contribution in [0.15, 0.2) is 180 Å². The molecule has 11 aromatic rings. The molecule has 0 N–H and O–H groups in total. The lowest BCUT2D eigenvalue weighted by molar-refractivity contribution is 0.672. The number of fused-ring (bicyclic) bond motifs is 8. The van der Waals surface area contributed by atoms with E-state index in [4.69, 9.17) is 26.2 Å². The van der Waals surface area contributed by atoms with E-state index < -0.39 is 18.1 Å². The Morgan fingerprint density at radius 1 is 0.444 bits per heavy atom. The van der Waals surface area contributed by atoms with Gasteiger partial charge in [-0.2, -0.15) is 0 Å². The third kappa shape index (κ3) is 5.09. The standard InChI is InChI=1S/C49H29N3OS/c1-3-10-30(11-4-1)31-18-20-32(21-19-31)35-24-27-43-41(28-35)45-39(16-9-17-44(45)54-43)49-51-47(34-13-5-2-6-14-34)50-48(52-49)36-23-26-42-40(29-36)38-25-22-33-12-7-8-15-37(33)46(38)53-42/h1-29H/i2D,5D,6D,13D,14D. The van der Waals surface area contributed by atoms with Gasteiger partial charge in [0.15, 0.2) is 17.5 Å². The molecule has 0 saturated heterocycles. The van der Waals surface area contributed by atoms with Crippen molar-refractivity contribution in [1.82, 2.24) is 15.0 Å². The van der Waals surface area contributed by atoms with E-state index in [9.17, 15) is 0 Å². The summed E-state index contributed by atoms with van der Waals surface area (Å²) in [7, 11) is 0. The second kappa shape index (κ2) is 12.3. The van der Waals surface area contributed by atoms with Crippen LogP contribution in [0.4, 0.5) is 0 Å². The van der Waals surface area contributed by atoms with Crippen molar-refractivity contribution in [1.29, 1.82) is 0 Å². The molecule has 252 valence electrons. The van der Waals surface area contributed by atoms with Crippen molar-refractivity contribution >= 4 is 64.2 Å². The summed E-state index contributed by atoms with van der Waals surface area (Å²) in [6.45, 7) is 0. The normalized spacial score (nSPS) is 13.0. The SMILES string of the molecule is [2H]c1c([2H])c([2H])c(-c2nc(-c3ccc4oc5c6ccccc6ccc5c4c3)nc(-c3cccc4sc5ccc(-c6ccc(-c7ccccc7)cc6)cc5c34)n2)c([2H])c1[2H]. The lowest BCUT2D eigenvalue weighted by Gasteiger charge is -2.10. The summed E-state index contributed by atoms with van der Waals surface area (Å²) in [6, 6.07) is 47.2. The third-order valence-electron chi connectivity index (χ3n) is 10.0. The van der Waals surface area contributed by atoms with Crippen molar-refractivity contribution < 1.29 is 11.3 Å². The molecule has 0 aliphatic rings. The van der Waals surface area contributed by atoms with Crippen molar-refractivity contribution in [3.8, 4) is 56.4 Å². The van der Waals surface area contributed by atoms with Crippen LogP contribution in [0.2, 0.25) is 0 Å². The van der Waals surface area contributed by atoms with Gasteiger partial charge in [-0.15, -0.1) is 11.3 Å². The van der Waals surface area contributed by atoms with Crippen molar-refractivity contribution in [2.24, 2.45) is 0 Å². The van der Waals surface area contributed by atoms with Crippen LogP contribution < -0.4 is 0 Å². The van der Waals surface area contributed by atoms with Crippen LogP contribution in [0.1, 0.15) is 6.85 Å². The summed E-state index contributed by atoms with van der Waals surface area (Å²) in [5.41, 5.74) is 7.26. The lowest BCUT2D eigenvalue weighted by Crippen LogP contribution is -2.00. The number of nitrogens with zero attached hydrogens (tertiary/aromatic N) is 3. The van der Waals surface area contributed by atoms with Crippen molar-refractivity contribution in [2.45, 2.75) is 0 Å². The summed E-state index contributed by atoms with van der Waals surface area (Å²) in [5.74, 6) is 0.605. The number of benzene rings is 8. The number of aromatic nitrogens is 3. The summed E-state index contributed by atoms with van der Waals surface area (Å²) in [4.78, 5) is 14.9. The minimum Gasteiger partial charge on any atom is -0.455 e. The highest BCUT2D eigenvalue weighted by Crippen LogP contribution is 2.42. The van der Waals surface area contributed by atoms with Crippen LogP contribution >= 0.6 is 11.3 Å². The van der Waals surface area contributed by atoms with Crippen molar-refractivity contribution in [3.63, 3.8) is 0 Å². The summed E-state index contributed by atoms with van der Waals surface area (Å²) in [5, 5.41) is 5.91. The second-order valence-electron chi connectivity index (χ2n) is 13.2. The van der Waals surface area contributed by atoms with Crippen LogP contribution in [0.3, 0.4) is 0 Å². The molecule has 0 bridgehead atoms. The van der Waals surface area contributed by atoms with Gasteiger partial charge < -0.3 is 4.42 Å². The molecule has 0 amide bonds. The number of furan rings is 1. The number of thiophene rings is 1. The van der Waals surface area contributed by atoms with Gasteiger partial charge in [0.1, 0.15) is 11.2 Å². The maximum absolute atomic E-state index is 8.86. The Kier molecular flexibility index (Phi) is 5.92. The lowest BCUT2D eigenvalue weighted by atomic mass is 9.98. The van der Waals surface area contributed by atoms with Crippen LogP contribution in [-0.4, -0.2) is 15.0 Å². The van der Waals surface area contributed by atoms with Gasteiger partial charge >= 0.3 is 0 Å². The second-order valence-corrected chi connectivity index (χ2v) is 14.3. The van der Waals surface area contributed by atoms with E-state index in [0.29, 0.717) is 22.8 Å². The van der Waals surface area contributed by atoms with E-state index in [2.05, 4.69) is 78.9 Å². The van der Waals surface area contributed by atoms with E-state index in [0.717, 1.165) is 75.1 Å². The van der Waals surface area contributed by atoms with Gasteiger partial charge in [-0.25, -0.2) is 15.0 Å². The molecule has 0 spiro atoms. The Morgan fingerprint density at radius 2 is 1.13 bits per heavy atom. The average molecular weight is 713 g/mol. The predicted molar refractivity (Wildman–Crippen MR) is 225 cm³/mol. The zero-order chi connectivity index (χ0) is 39.9. The summed E-state index contributed by atoms with van der Waals surface area (Å²) >= 11 is 1.68. The van der Waals surface area contributed by atoms with Crippen molar-refractivity contribution in [3.05, 3.63) is 176 Å². The Bertz CT molecular complexity index is 3480. The molecule has 3 heterocycles. The van der Waals surface area contributed by atoms with Gasteiger partial charge in [0.25, 0.3) is 0 Å². The van der Waals surface area contributed by atoms with Crippen LogP contribution in [-0.2, 0) is 0 Å². The molecule has 11 rings (SSSR count). The monoisotopic (exact) mass is 712 g/mol. The fourth-order valence-electron chi connectivity index (χ4n) is 7.42. The average Bonchev–Trinajstić information content (AvgIpc) is 3.86. The van der Waals surface area contributed by atoms with E-state index >= 15 is 0 Å². The molecule has 0 atom stereocenters. The molecule has 0 radical (unpaired) electrons. The topological polar surface area (TPSA) is 51.8 Å². The smallest absolute Gasteiger partial charge is 0.164 e. The highest BCUT2D eigenvalue weighted by atomic mass is 32.1. The number of hydrogen-bond donors (Lipinski definition) is 0. The first-order chi connectivity index (χ1) is 28.8. The number of rotatable bonds is 5. The number of hydrogen-bond acceptors (Lipinski definition) is 5. The summed E-state index contributed by atoms with van der Waals surface area (Å²) in [6.07, 6.45) is 0. The molecule has 5 heteroatoms. The van der Waals surface area contributed by atoms with Gasteiger partial charge in [0.2, 0.25) is 0 Å². The molecule has 0 saturated carbocycles. The van der Waals surface area contributed by atoms with E-state index in [1.807, 2.05) is 66.7 Å². The van der Waals surface area contributed by atoms with Crippen LogP contribution in [0.5, 0.6) is 0 Å². The summed E-state index contributed by atoms with van der Waals surface area (Å²) < 4.78 is 51.4. The van der Waals surface area contributed by atoms with E-state index in [-0.39, 0.29) is 23.5 Å². The van der Waals surface area contributed by atoms with Crippen LogP contribution in [0.25, 0.3) is 109 Å². The third-order valence-corrected chi connectivity index (χ3v) is 11.2. The highest BCUT2D eigenvalue weighted by molar-refractivity contribution is 7.26. The van der Waals surface area contributed by atoms with Gasteiger partial charge in [0, 0.05) is 53.0 Å². The quantitative estimate of drug-likeness (QED) is 0.178. The molecule has 0 aliphatic heterocycles. The van der Waals surface area contributed by atoms with Gasteiger partial charge in [-0.1, -0.05) is 133 Å². The van der Waals surface area contributed by atoms with Gasteiger partial charge in [-0.05, 0) is 70.1 Å². The van der Waals surface area contributed by atoms with Gasteiger partial charge in [0.05, 0.1) is 6.85 Å². The maximum Gasteiger partial charge on any atom is 0.164 e. The molecule has 0 aliphatic carbocycles. The molecule has 54 heavy (non-hydrogen) atoms. The maximum atomic E-state index is 8.86. The fourth-order valence-corrected chi connectivity index (χ4v) is 8.53. The minimum absolute atomic E-state index is 0.0131. The highest BCUT2D eigenvalue weighted by Gasteiger charge is 2.19. The largest absolute Gasteiger partial charge is 0.455 e. The molecule has 0 fully saturated rings. The van der Waals surface area contributed by atoms with Crippen LogP contribution in [0, 0.1) is 0 Å². The Morgan fingerprint density at radius 3 is 1.98 bits per heavy atom. The first-order valence-corrected chi connectivity index (χ1v) is 18.4. The first kappa shape index (κ1) is 25.9.